The lowest BCUT2D eigenvalue weighted by molar-refractivity contribution is -0.123. The van der Waals surface area contributed by atoms with Crippen LogP contribution >= 0.6 is 0 Å². The minimum Gasteiger partial charge on any atom is -0.348 e. The van der Waals surface area contributed by atoms with Gasteiger partial charge in [-0.1, -0.05) is 43.2 Å². The van der Waals surface area contributed by atoms with Crippen LogP contribution in [0.4, 0.5) is 0 Å². The van der Waals surface area contributed by atoms with Crippen LogP contribution in [0.1, 0.15) is 61.1 Å². The Labute approximate surface area is 166 Å². The SMILES string of the molecule is CC1=Cc2ccccc2[C@@](C)([C@@H]2CCCC[C@H]2NC(=O)c2ccccn2)C1=O. The van der Waals surface area contributed by atoms with E-state index >= 15 is 0 Å². The highest BCUT2D eigenvalue weighted by atomic mass is 16.2. The number of Topliss-reactive ketones (excluding diaryl/α,β-unsaturated/α-hetero) is 1. The van der Waals surface area contributed by atoms with E-state index in [2.05, 4.69) is 29.4 Å². The Morgan fingerprint density at radius 2 is 1.86 bits per heavy atom. The zero-order chi connectivity index (χ0) is 19.7. The predicted molar refractivity (Wildman–Crippen MR) is 110 cm³/mol. The minimum absolute atomic E-state index is 0.0452. The van der Waals surface area contributed by atoms with Gasteiger partial charge < -0.3 is 5.32 Å². The molecule has 1 amide bonds. The number of ketones is 1. The fourth-order valence-electron chi connectivity index (χ4n) is 5.03. The number of hydrogen-bond acceptors (Lipinski definition) is 3. The number of aromatic nitrogens is 1. The Bertz CT molecular complexity index is 935. The van der Waals surface area contributed by atoms with Gasteiger partial charge in [-0.3, -0.25) is 14.6 Å². The maximum atomic E-state index is 13.4. The van der Waals surface area contributed by atoms with Crippen LogP contribution in [0.2, 0.25) is 0 Å². The molecule has 1 saturated carbocycles. The van der Waals surface area contributed by atoms with Crippen molar-refractivity contribution in [3.8, 4) is 0 Å². The van der Waals surface area contributed by atoms with Crippen molar-refractivity contribution < 1.29 is 9.59 Å². The van der Waals surface area contributed by atoms with Gasteiger partial charge in [-0.25, -0.2) is 0 Å². The van der Waals surface area contributed by atoms with Gasteiger partial charge in [0.15, 0.2) is 5.78 Å². The molecule has 0 spiro atoms. The molecule has 1 fully saturated rings. The Morgan fingerprint density at radius 1 is 1.11 bits per heavy atom. The summed E-state index contributed by atoms with van der Waals surface area (Å²) >= 11 is 0. The predicted octanol–water partition coefficient (Wildman–Crippen LogP) is 4.31. The zero-order valence-corrected chi connectivity index (χ0v) is 16.4. The molecule has 4 heteroatoms. The normalized spacial score (nSPS) is 26.9. The number of rotatable bonds is 3. The van der Waals surface area contributed by atoms with Crippen LogP contribution in [-0.4, -0.2) is 22.7 Å². The first-order valence-corrected chi connectivity index (χ1v) is 10.1. The van der Waals surface area contributed by atoms with Crippen molar-refractivity contribution in [3.05, 3.63) is 71.1 Å². The van der Waals surface area contributed by atoms with Gasteiger partial charge in [-0.05, 0) is 67.5 Å². The van der Waals surface area contributed by atoms with Gasteiger partial charge in [0.1, 0.15) is 5.69 Å². The van der Waals surface area contributed by atoms with Crippen LogP contribution in [0.25, 0.3) is 6.08 Å². The maximum Gasteiger partial charge on any atom is 0.270 e. The second-order valence-corrected chi connectivity index (χ2v) is 8.13. The third kappa shape index (κ3) is 3.07. The summed E-state index contributed by atoms with van der Waals surface area (Å²) in [6, 6.07) is 13.5. The maximum absolute atomic E-state index is 13.4. The molecule has 0 saturated heterocycles. The Kier molecular flexibility index (Phi) is 4.88. The van der Waals surface area contributed by atoms with E-state index in [-0.39, 0.29) is 23.7 Å². The summed E-state index contributed by atoms with van der Waals surface area (Å²) in [4.78, 5) is 30.4. The summed E-state index contributed by atoms with van der Waals surface area (Å²) in [7, 11) is 0. The standard InChI is InChI=1S/C24H26N2O2/c1-16-15-17-9-3-4-10-18(17)24(2,22(16)27)19-11-5-6-12-20(19)26-23(28)21-13-7-8-14-25-21/h3-4,7-10,13-15,19-20H,5-6,11-12H2,1-2H3,(H,26,28)/t19-,20-,24+/m1/s1. The van der Waals surface area contributed by atoms with Crippen molar-refractivity contribution in [3.63, 3.8) is 0 Å². The average molecular weight is 374 g/mol. The van der Waals surface area contributed by atoms with Crippen molar-refractivity contribution >= 4 is 17.8 Å². The number of carbonyl (C=O) groups excluding carboxylic acids is 2. The van der Waals surface area contributed by atoms with Crippen LogP contribution in [0.3, 0.4) is 0 Å². The van der Waals surface area contributed by atoms with Gasteiger partial charge in [-0.15, -0.1) is 0 Å². The summed E-state index contributed by atoms with van der Waals surface area (Å²) in [5, 5.41) is 3.20. The van der Waals surface area contributed by atoms with E-state index in [9.17, 15) is 9.59 Å². The lowest BCUT2D eigenvalue weighted by atomic mass is 9.58. The van der Waals surface area contributed by atoms with Crippen LogP contribution in [0, 0.1) is 5.92 Å². The number of nitrogens with zero attached hydrogens (tertiary/aromatic N) is 1. The molecule has 1 aromatic carbocycles. The lowest BCUT2D eigenvalue weighted by Crippen LogP contribution is -2.54. The number of pyridine rings is 1. The van der Waals surface area contributed by atoms with Crippen molar-refractivity contribution in [2.45, 2.75) is 51.0 Å². The number of benzene rings is 1. The lowest BCUT2D eigenvalue weighted by Gasteiger charge is -2.46. The molecule has 0 unspecified atom stereocenters. The quantitative estimate of drug-likeness (QED) is 0.871. The summed E-state index contributed by atoms with van der Waals surface area (Å²) in [6.45, 7) is 3.97. The molecule has 3 atom stereocenters. The fourth-order valence-corrected chi connectivity index (χ4v) is 5.03. The van der Waals surface area contributed by atoms with Gasteiger partial charge in [0.25, 0.3) is 5.91 Å². The van der Waals surface area contributed by atoms with Gasteiger partial charge in [0, 0.05) is 12.2 Å². The van der Waals surface area contributed by atoms with Crippen LogP contribution in [-0.2, 0) is 10.2 Å². The van der Waals surface area contributed by atoms with E-state index in [1.165, 1.54) is 0 Å². The Morgan fingerprint density at radius 3 is 2.64 bits per heavy atom. The molecule has 0 bridgehead atoms. The van der Waals surface area contributed by atoms with Crippen molar-refractivity contribution in [2.75, 3.05) is 0 Å². The highest BCUT2D eigenvalue weighted by Gasteiger charge is 2.49. The number of hydrogen-bond donors (Lipinski definition) is 1. The molecule has 1 aromatic heterocycles. The molecule has 1 heterocycles. The van der Waals surface area contributed by atoms with E-state index in [1.807, 2.05) is 31.2 Å². The summed E-state index contributed by atoms with van der Waals surface area (Å²) in [6.07, 6.45) is 7.57. The van der Waals surface area contributed by atoms with Crippen molar-refractivity contribution in [1.29, 1.82) is 0 Å². The summed E-state index contributed by atoms with van der Waals surface area (Å²) in [5.74, 6) is 0.0753. The van der Waals surface area contributed by atoms with E-state index < -0.39 is 5.41 Å². The van der Waals surface area contributed by atoms with E-state index in [4.69, 9.17) is 0 Å². The van der Waals surface area contributed by atoms with Crippen LogP contribution < -0.4 is 5.32 Å². The van der Waals surface area contributed by atoms with Crippen LogP contribution in [0.15, 0.2) is 54.2 Å². The number of carbonyl (C=O) groups is 2. The van der Waals surface area contributed by atoms with Gasteiger partial charge in [0.05, 0.1) is 5.41 Å². The number of allylic oxidation sites excluding steroid dienone is 1. The first kappa shape index (κ1) is 18.6. The molecule has 28 heavy (non-hydrogen) atoms. The molecule has 4 nitrogen and oxygen atoms in total. The zero-order valence-electron chi connectivity index (χ0n) is 16.4. The third-order valence-electron chi connectivity index (χ3n) is 6.44. The molecular weight excluding hydrogens is 348 g/mol. The van der Waals surface area contributed by atoms with Crippen molar-refractivity contribution in [2.24, 2.45) is 5.92 Å². The molecule has 0 aliphatic heterocycles. The van der Waals surface area contributed by atoms with Gasteiger partial charge in [-0.2, -0.15) is 0 Å². The molecule has 0 radical (unpaired) electrons. The van der Waals surface area contributed by atoms with Crippen molar-refractivity contribution in [1.82, 2.24) is 10.3 Å². The molecule has 1 N–H and O–H groups in total. The molecular formula is C24H26N2O2. The van der Waals surface area contributed by atoms with Gasteiger partial charge >= 0.3 is 0 Å². The van der Waals surface area contributed by atoms with Gasteiger partial charge in [0.2, 0.25) is 0 Å². The highest BCUT2D eigenvalue weighted by molar-refractivity contribution is 6.09. The summed E-state index contributed by atoms with van der Waals surface area (Å²) in [5.41, 5.74) is 2.78. The number of nitrogens with one attached hydrogen (secondary N) is 1. The molecule has 2 aromatic rings. The van der Waals surface area contributed by atoms with E-state index in [0.717, 1.165) is 42.4 Å². The average Bonchev–Trinajstić information content (AvgIpc) is 2.73. The molecule has 2 aliphatic carbocycles. The largest absolute Gasteiger partial charge is 0.348 e. The first-order valence-electron chi connectivity index (χ1n) is 10.1. The number of fused-ring (bicyclic) bond motifs is 1. The minimum atomic E-state index is -0.627. The molecule has 2 aliphatic rings. The first-order chi connectivity index (χ1) is 13.5. The van der Waals surface area contributed by atoms with E-state index in [0.29, 0.717) is 5.69 Å². The second kappa shape index (κ2) is 7.34. The third-order valence-corrected chi connectivity index (χ3v) is 6.44. The number of amides is 1. The van der Waals surface area contributed by atoms with E-state index in [1.54, 1.807) is 18.3 Å². The highest BCUT2D eigenvalue weighted by Crippen LogP contribution is 2.46. The van der Waals surface area contributed by atoms with Crippen LogP contribution in [0.5, 0.6) is 0 Å². The Hall–Kier alpha value is -2.75. The topological polar surface area (TPSA) is 59.1 Å². The smallest absolute Gasteiger partial charge is 0.270 e. The molecule has 4 rings (SSSR count). The second-order valence-electron chi connectivity index (χ2n) is 8.13. The summed E-state index contributed by atoms with van der Waals surface area (Å²) < 4.78 is 0. The monoisotopic (exact) mass is 374 g/mol. The Balaban J connectivity index is 1.70. The fraction of sp³-hybridized carbons (Fsp3) is 0.375. The molecule has 144 valence electrons.